The summed E-state index contributed by atoms with van der Waals surface area (Å²) in [4.78, 5) is 0. The van der Waals surface area contributed by atoms with Gasteiger partial charge in [0.25, 0.3) is 0 Å². The van der Waals surface area contributed by atoms with E-state index in [4.69, 9.17) is 11.6 Å². The van der Waals surface area contributed by atoms with Gasteiger partial charge >= 0.3 is 0 Å². The second-order valence-electron chi connectivity index (χ2n) is 6.43. The lowest BCUT2D eigenvalue weighted by atomic mass is 9.85. The van der Waals surface area contributed by atoms with Crippen molar-refractivity contribution in [2.75, 3.05) is 0 Å². The van der Waals surface area contributed by atoms with Crippen LogP contribution >= 0.6 is 11.6 Å². The molecular formula is C15H20ClN. The predicted molar refractivity (Wildman–Crippen MR) is 72.4 cm³/mol. The minimum atomic E-state index is 0.301. The molecule has 0 radical (unpaired) electrons. The Morgan fingerprint density at radius 3 is 2.71 bits per heavy atom. The molecule has 1 fully saturated rings. The van der Waals surface area contributed by atoms with Crippen LogP contribution in [0.4, 0.5) is 0 Å². The Balaban J connectivity index is 1.92. The quantitative estimate of drug-likeness (QED) is 0.837. The molecule has 2 heteroatoms. The van der Waals surface area contributed by atoms with Crippen LogP contribution in [0.15, 0.2) is 18.2 Å². The van der Waals surface area contributed by atoms with Crippen LogP contribution < -0.4 is 5.32 Å². The summed E-state index contributed by atoms with van der Waals surface area (Å²) in [5.41, 5.74) is 3.18. The van der Waals surface area contributed by atoms with Crippen molar-refractivity contribution >= 4 is 11.6 Å². The molecule has 92 valence electrons. The average molecular weight is 250 g/mol. The molecule has 0 bridgehead atoms. The van der Waals surface area contributed by atoms with Crippen LogP contribution in [0, 0.1) is 11.3 Å². The third-order valence-electron chi connectivity index (χ3n) is 4.34. The van der Waals surface area contributed by atoms with Crippen molar-refractivity contribution in [3.8, 4) is 0 Å². The highest BCUT2D eigenvalue weighted by Gasteiger charge is 2.43. The van der Waals surface area contributed by atoms with E-state index in [1.165, 1.54) is 17.5 Å². The summed E-state index contributed by atoms with van der Waals surface area (Å²) in [5.74, 6) is 0.842. The molecule has 1 nitrogen and oxygen atoms in total. The number of hydrogen-bond acceptors (Lipinski definition) is 1. The van der Waals surface area contributed by atoms with Gasteiger partial charge in [-0.25, -0.2) is 0 Å². The number of benzene rings is 1. The van der Waals surface area contributed by atoms with Crippen LogP contribution in [0.5, 0.6) is 0 Å². The molecule has 0 spiro atoms. The number of nitrogens with one attached hydrogen (secondary N) is 1. The molecule has 0 heterocycles. The van der Waals surface area contributed by atoms with Gasteiger partial charge in [-0.05, 0) is 47.4 Å². The van der Waals surface area contributed by atoms with Crippen LogP contribution in [-0.4, -0.2) is 6.04 Å². The van der Waals surface area contributed by atoms with Gasteiger partial charge in [-0.1, -0.05) is 38.4 Å². The van der Waals surface area contributed by atoms with E-state index in [1.807, 2.05) is 6.07 Å². The van der Waals surface area contributed by atoms with Crippen molar-refractivity contribution < 1.29 is 0 Å². The van der Waals surface area contributed by atoms with Gasteiger partial charge < -0.3 is 5.32 Å². The summed E-state index contributed by atoms with van der Waals surface area (Å²) < 4.78 is 0. The molecule has 1 N–H and O–H groups in total. The predicted octanol–water partition coefficient (Wildman–Crippen LogP) is 3.96. The standard InChI is InChI=1S/C15H20ClN/c1-9-6-13(9)17-14-12-7-11(16)5-4-10(12)8-15(14,2)3/h4-5,7,9,13-14,17H,6,8H2,1-3H3. The smallest absolute Gasteiger partial charge is 0.0409 e. The summed E-state index contributed by atoms with van der Waals surface area (Å²) in [6.07, 6.45) is 2.47. The van der Waals surface area contributed by atoms with E-state index in [0.717, 1.165) is 17.4 Å². The second kappa shape index (κ2) is 3.73. The summed E-state index contributed by atoms with van der Waals surface area (Å²) in [6.45, 7) is 7.02. The van der Waals surface area contributed by atoms with Gasteiger partial charge in [0.2, 0.25) is 0 Å². The molecule has 0 aromatic heterocycles. The van der Waals surface area contributed by atoms with E-state index < -0.39 is 0 Å². The van der Waals surface area contributed by atoms with Gasteiger partial charge in [0.15, 0.2) is 0 Å². The number of fused-ring (bicyclic) bond motifs is 1. The van der Waals surface area contributed by atoms with Crippen molar-refractivity contribution in [3.63, 3.8) is 0 Å². The van der Waals surface area contributed by atoms with Crippen LogP contribution in [0.2, 0.25) is 5.02 Å². The van der Waals surface area contributed by atoms with Crippen molar-refractivity contribution in [1.29, 1.82) is 0 Å². The highest BCUT2D eigenvalue weighted by Crippen LogP contribution is 2.47. The van der Waals surface area contributed by atoms with E-state index >= 15 is 0 Å². The van der Waals surface area contributed by atoms with E-state index in [9.17, 15) is 0 Å². The fourth-order valence-electron chi connectivity index (χ4n) is 3.09. The van der Waals surface area contributed by atoms with Gasteiger partial charge in [-0.3, -0.25) is 0 Å². The first-order chi connectivity index (χ1) is 7.97. The van der Waals surface area contributed by atoms with E-state index in [-0.39, 0.29) is 0 Å². The Kier molecular flexibility index (Phi) is 2.53. The maximum Gasteiger partial charge on any atom is 0.0409 e. The largest absolute Gasteiger partial charge is 0.306 e. The van der Waals surface area contributed by atoms with E-state index in [0.29, 0.717) is 17.5 Å². The summed E-state index contributed by atoms with van der Waals surface area (Å²) in [5, 5.41) is 4.68. The van der Waals surface area contributed by atoms with Gasteiger partial charge in [0, 0.05) is 17.1 Å². The van der Waals surface area contributed by atoms with Crippen LogP contribution in [0.3, 0.4) is 0 Å². The van der Waals surface area contributed by atoms with Gasteiger partial charge in [-0.2, -0.15) is 0 Å². The summed E-state index contributed by atoms with van der Waals surface area (Å²) in [6, 6.07) is 7.53. The van der Waals surface area contributed by atoms with Crippen LogP contribution in [0.1, 0.15) is 44.4 Å². The average Bonchev–Trinajstić information content (AvgIpc) is 2.87. The van der Waals surface area contributed by atoms with Crippen molar-refractivity contribution in [2.24, 2.45) is 11.3 Å². The first-order valence-corrected chi connectivity index (χ1v) is 6.89. The molecule has 2 aliphatic rings. The summed E-state index contributed by atoms with van der Waals surface area (Å²) in [7, 11) is 0. The minimum absolute atomic E-state index is 0.301. The Morgan fingerprint density at radius 2 is 2.06 bits per heavy atom. The first-order valence-electron chi connectivity index (χ1n) is 6.52. The lowest BCUT2D eigenvalue weighted by Gasteiger charge is -2.29. The highest BCUT2D eigenvalue weighted by molar-refractivity contribution is 6.30. The molecule has 3 rings (SSSR count). The van der Waals surface area contributed by atoms with Crippen molar-refractivity contribution in [1.82, 2.24) is 5.32 Å². The molecular weight excluding hydrogens is 230 g/mol. The van der Waals surface area contributed by atoms with Crippen LogP contribution in [-0.2, 0) is 6.42 Å². The molecule has 3 unspecified atom stereocenters. The van der Waals surface area contributed by atoms with Gasteiger partial charge in [-0.15, -0.1) is 0 Å². The first kappa shape index (κ1) is 11.6. The maximum absolute atomic E-state index is 6.13. The Labute approximate surface area is 109 Å². The zero-order valence-corrected chi connectivity index (χ0v) is 11.5. The third kappa shape index (κ3) is 2.00. The third-order valence-corrected chi connectivity index (χ3v) is 4.57. The van der Waals surface area contributed by atoms with E-state index in [1.54, 1.807) is 0 Å². The normalized spacial score (nSPS) is 33.5. The molecule has 1 saturated carbocycles. The topological polar surface area (TPSA) is 12.0 Å². The minimum Gasteiger partial charge on any atom is -0.306 e. The number of rotatable bonds is 2. The summed E-state index contributed by atoms with van der Waals surface area (Å²) >= 11 is 6.13. The monoisotopic (exact) mass is 249 g/mol. The number of halogens is 1. The molecule has 0 saturated heterocycles. The lowest BCUT2D eigenvalue weighted by Crippen LogP contribution is -2.33. The molecule has 17 heavy (non-hydrogen) atoms. The Morgan fingerprint density at radius 1 is 1.35 bits per heavy atom. The Bertz CT molecular complexity index is 452. The van der Waals surface area contributed by atoms with Crippen molar-refractivity contribution in [2.45, 2.75) is 45.7 Å². The molecule has 1 aromatic carbocycles. The lowest BCUT2D eigenvalue weighted by molar-refractivity contribution is 0.265. The zero-order valence-electron chi connectivity index (χ0n) is 10.8. The molecule has 0 aliphatic heterocycles. The second-order valence-corrected chi connectivity index (χ2v) is 6.86. The van der Waals surface area contributed by atoms with Crippen LogP contribution in [0.25, 0.3) is 0 Å². The van der Waals surface area contributed by atoms with E-state index in [2.05, 4.69) is 38.2 Å². The fraction of sp³-hybridized carbons (Fsp3) is 0.600. The molecule has 3 atom stereocenters. The zero-order chi connectivity index (χ0) is 12.2. The fourth-order valence-corrected chi connectivity index (χ4v) is 3.27. The molecule has 2 aliphatic carbocycles. The maximum atomic E-state index is 6.13. The number of hydrogen-bond donors (Lipinski definition) is 1. The SMILES string of the molecule is CC1CC1NC1c2cc(Cl)ccc2CC1(C)C. The molecule has 1 aromatic rings. The van der Waals surface area contributed by atoms with Gasteiger partial charge in [0.05, 0.1) is 0 Å². The highest BCUT2D eigenvalue weighted by atomic mass is 35.5. The van der Waals surface area contributed by atoms with Crippen molar-refractivity contribution in [3.05, 3.63) is 34.3 Å². The van der Waals surface area contributed by atoms with Gasteiger partial charge in [0.1, 0.15) is 0 Å². The Hall–Kier alpha value is -0.530. The molecule has 0 amide bonds.